The fourth-order valence-electron chi connectivity index (χ4n) is 3.80. The van der Waals surface area contributed by atoms with Gasteiger partial charge in [0.25, 0.3) is 0 Å². The van der Waals surface area contributed by atoms with E-state index in [-0.39, 0.29) is 6.04 Å². The highest BCUT2D eigenvalue weighted by molar-refractivity contribution is 7.17. The Kier molecular flexibility index (Phi) is 4.50. The van der Waals surface area contributed by atoms with E-state index in [9.17, 15) is 9.90 Å². The van der Waals surface area contributed by atoms with E-state index in [2.05, 4.69) is 22.4 Å². The summed E-state index contributed by atoms with van der Waals surface area (Å²) in [6.07, 6.45) is 1.59. The van der Waals surface area contributed by atoms with Gasteiger partial charge in [-0.05, 0) is 52.9 Å². The number of hydrogen-bond donors (Lipinski definition) is 1. The van der Waals surface area contributed by atoms with Gasteiger partial charge in [0.05, 0.1) is 6.04 Å². The van der Waals surface area contributed by atoms with Crippen LogP contribution in [0.1, 0.15) is 30.0 Å². The molecule has 3 nitrogen and oxygen atoms in total. The number of carboxylic acid groups (broad SMARTS) is 1. The molecule has 2 aromatic carbocycles. The number of hydrogen-bond acceptors (Lipinski definition) is 3. The van der Waals surface area contributed by atoms with Crippen LogP contribution in [0.15, 0.2) is 53.9 Å². The summed E-state index contributed by atoms with van der Waals surface area (Å²) in [6, 6.07) is 15.5. The van der Waals surface area contributed by atoms with Gasteiger partial charge in [0.1, 0.15) is 6.04 Å². The molecule has 2 heterocycles. The van der Waals surface area contributed by atoms with Gasteiger partial charge in [-0.2, -0.15) is 0 Å². The SMILES string of the molecule is O=C(O)C1CCCN1C(c1cccc(Cl)c1)c1csc2ccccc12. The van der Waals surface area contributed by atoms with Crippen molar-refractivity contribution in [3.05, 3.63) is 70.1 Å². The second-order valence-electron chi connectivity index (χ2n) is 6.38. The molecular formula is C20H18ClNO2S. The van der Waals surface area contributed by atoms with Crippen molar-refractivity contribution in [3.63, 3.8) is 0 Å². The number of thiophene rings is 1. The third-order valence-electron chi connectivity index (χ3n) is 4.88. The molecule has 1 N–H and O–H groups in total. The molecule has 5 heteroatoms. The minimum Gasteiger partial charge on any atom is -0.480 e. The van der Waals surface area contributed by atoms with Gasteiger partial charge in [0.2, 0.25) is 0 Å². The molecule has 1 aromatic heterocycles. The first-order valence-electron chi connectivity index (χ1n) is 8.35. The Morgan fingerprint density at radius 2 is 2.08 bits per heavy atom. The quantitative estimate of drug-likeness (QED) is 0.685. The van der Waals surface area contributed by atoms with Gasteiger partial charge in [-0.1, -0.05) is 41.9 Å². The molecule has 0 amide bonds. The molecule has 2 unspecified atom stereocenters. The van der Waals surface area contributed by atoms with Gasteiger partial charge in [-0.15, -0.1) is 11.3 Å². The van der Waals surface area contributed by atoms with E-state index >= 15 is 0 Å². The van der Waals surface area contributed by atoms with Gasteiger partial charge in [-0.25, -0.2) is 0 Å². The Balaban J connectivity index is 1.88. The molecule has 0 saturated carbocycles. The van der Waals surface area contributed by atoms with Gasteiger partial charge in [-0.3, -0.25) is 9.69 Å². The molecule has 1 aliphatic heterocycles. The summed E-state index contributed by atoms with van der Waals surface area (Å²) in [4.78, 5) is 13.9. The first-order valence-corrected chi connectivity index (χ1v) is 9.61. The average molecular weight is 372 g/mol. The van der Waals surface area contributed by atoms with Crippen LogP contribution in [-0.2, 0) is 4.79 Å². The van der Waals surface area contributed by atoms with E-state index < -0.39 is 12.0 Å². The van der Waals surface area contributed by atoms with Crippen LogP contribution in [0.25, 0.3) is 10.1 Å². The predicted octanol–water partition coefficient (Wildman–Crippen LogP) is 5.19. The van der Waals surface area contributed by atoms with E-state index in [1.807, 2.05) is 36.4 Å². The standard InChI is InChI=1S/C20H18ClNO2S/c21-14-6-3-5-13(11-14)19(22-10-4-8-17(22)20(23)24)16-12-25-18-9-2-1-7-15(16)18/h1-3,5-7,9,11-12,17,19H,4,8,10H2,(H,23,24). The lowest BCUT2D eigenvalue weighted by Crippen LogP contribution is -2.39. The number of benzene rings is 2. The predicted molar refractivity (Wildman–Crippen MR) is 102 cm³/mol. The molecule has 0 spiro atoms. The van der Waals surface area contributed by atoms with E-state index in [0.717, 1.165) is 24.1 Å². The number of carbonyl (C=O) groups is 1. The van der Waals surface area contributed by atoms with Crippen molar-refractivity contribution in [2.24, 2.45) is 0 Å². The van der Waals surface area contributed by atoms with E-state index in [1.165, 1.54) is 10.1 Å². The summed E-state index contributed by atoms with van der Waals surface area (Å²) in [6.45, 7) is 0.776. The number of fused-ring (bicyclic) bond motifs is 1. The van der Waals surface area contributed by atoms with E-state index in [1.54, 1.807) is 11.3 Å². The molecule has 128 valence electrons. The Labute approximate surface area is 155 Å². The maximum Gasteiger partial charge on any atom is 0.320 e. The molecule has 2 atom stereocenters. The summed E-state index contributed by atoms with van der Waals surface area (Å²) < 4.78 is 1.22. The first kappa shape index (κ1) is 16.6. The largest absolute Gasteiger partial charge is 0.480 e. The molecule has 25 heavy (non-hydrogen) atoms. The van der Waals surface area contributed by atoms with Gasteiger partial charge < -0.3 is 5.11 Å². The highest BCUT2D eigenvalue weighted by Gasteiger charge is 2.37. The maximum absolute atomic E-state index is 11.8. The molecule has 1 aliphatic rings. The monoisotopic (exact) mass is 371 g/mol. The van der Waals surface area contributed by atoms with Crippen LogP contribution in [0.3, 0.4) is 0 Å². The molecular weight excluding hydrogens is 354 g/mol. The van der Waals surface area contributed by atoms with Crippen LogP contribution < -0.4 is 0 Å². The summed E-state index contributed by atoms with van der Waals surface area (Å²) in [5.74, 6) is -0.746. The Bertz CT molecular complexity index is 923. The lowest BCUT2D eigenvalue weighted by Gasteiger charge is -2.31. The Morgan fingerprint density at radius 1 is 1.24 bits per heavy atom. The molecule has 1 saturated heterocycles. The first-order chi connectivity index (χ1) is 12.1. The lowest BCUT2D eigenvalue weighted by molar-refractivity contribution is -0.142. The van der Waals surface area contributed by atoms with Crippen LogP contribution in [0.4, 0.5) is 0 Å². The second-order valence-corrected chi connectivity index (χ2v) is 7.73. The number of carboxylic acids is 1. The number of nitrogens with zero attached hydrogens (tertiary/aromatic N) is 1. The Hall–Kier alpha value is -1.88. The molecule has 1 fully saturated rings. The van der Waals surface area contributed by atoms with Crippen molar-refractivity contribution >= 4 is 39.0 Å². The zero-order valence-corrected chi connectivity index (χ0v) is 15.1. The molecule has 0 bridgehead atoms. The van der Waals surface area contributed by atoms with Crippen molar-refractivity contribution in [3.8, 4) is 0 Å². The normalized spacial score (nSPS) is 19.3. The van der Waals surface area contributed by atoms with E-state index in [0.29, 0.717) is 11.4 Å². The molecule has 0 aliphatic carbocycles. The summed E-state index contributed by atoms with van der Waals surface area (Å²) in [5.41, 5.74) is 2.21. The van der Waals surface area contributed by atoms with E-state index in [4.69, 9.17) is 11.6 Å². The Morgan fingerprint density at radius 3 is 2.88 bits per heavy atom. The molecule has 0 radical (unpaired) electrons. The molecule has 3 aromatic rings. The number of likely N-dealkylation sites (tertiary alicyclic amines) is 1. The average Bonchev–Trinajstić information content (AvgIpc) is 3.23. The van der Waals surface area contributed by atoms with Crippen LogP contribution >= 0.6 is 22.9 Å². The third kappa shape index (κ3) is 3.06. The van der Waals surface area contributed by atoms with Crippen LogP contribution in [0, 0.1) is 0 Å². The fourth-order valence-corrected chi connectivity index (χ4v) is 4.98. The van der Waals surface area contributed by atoms with Crippen LogP contribution in [0.2, 0.25) is 5.02 Å². The van der Waals surface area contributed by atoms with Crippen LogP contribution in [-0.4, -0.2) is 28.6 Å². The summed E-state index contributed by atoms with van der Waals surface area (Å²) in [7, 11) is 0. The fraction of sp³-hybridized carbons (Fsp3) is 0.250. The highest BCUT2D eigenvalue weighted by atomic mass is 35.5. The van der Waals surface area contributed by atoms with Gasteiger partial charge in [0.15, 0.2) is 0 Å². The summed E-state index contributed by atoms with van der Waals surface area (Å²) >= 11 is 7.94. The van der Waals surface area contributed by atoms with Crippen LogP contribution in [0.5, 0.6) is 0 Å². The molecule has 4 rings (SSSR count). The minimum absolute atomic E-state index is 0.0987. The topological polar surface area (TPSA) is 40.5 Å². The van der Waals surface area contributed by atoms with Crippen molar-refractivity contribution in [1.82, 2.24) is 4.90 Å². The lowest BCUT2D eigenvalue weighted by atomic mass is 9.96. The van der Waals surface area contributed by atoms with Crippen molar-refractivity contribution in [1.29, 1.82) is 0 Å². The smallest absolute Gasteiger partial charge is 0.320 e. The number of aliphatic carboxylic acids is 1. The van der Waals surface area contributed by atoms with Crippen molar-refractivity contribution in [2.75, 3.05) is 6.54 Å². The number of halogens is 1. The van der Waals surface area contributed by atoms with Crippen molar-refractivity contribution in [2.45, 2.75) is 24.9 Å². The highest BCUT2D eigenvalue weighted by Crippen LogP contribution is 2.40. The second kappa shape index (κ2) is 6.79. The zero-order chi connectivity index (χ0) is 17.4. The zero-order valence-electron chi connectivity index (χ0n) is 13.6. The third-order valence-corrected chi connectivity index (χ3v) is 6.10. The maximum atomic E-state index is 11.8. The van der Waals surface area contributed by atoms with Crippen molar-refractivity contribution < 1.29 is 9.90 Å². The summed E-state index contributed by atoms with van der Waals surface area (Å²) in [5, 5.41) is 13.7. The van der Waals surface area contributed by atoms with Gasteiger partial charge in [0, 0.05) is 16.3 Å². The minimum atomic E-state index is -0.746. The number of rotatable bonds is 4. The van der Waals surface area contributed by atoms with Gasteiger partial charge >= 0.3 is 5.97 Å².